The number of benzene rings is 2. The maximum atomic E-state index is 12.9. The highest BCUT2D eigenvalue weighted by Crippen LogP contribution is 2.09. The van der Waals surface area contributed by atoms with E-state index < -0.39 is 23.3 Å². The van der Waals surface area contributed by atoms with E-state index in [-0.39, 0.29) is 6.54 Å². The predicted molar refractivity (Wildman–Crippen MR) is 68.1 cm³/mol. The fraction of sp³-hybridized carbons (Fsp3) is 0.200. The monoisotopic (exact) mass is 283 g/mol. The molecule has 0 saturated carbocycles. The van der Waals surface area contributed by atoms with Gasteiger partial charge in [0, 0.05) is 18.7 Å². The minimum Gasteiger partial charge on any atom is -0.312 e. The van der Waals surface area contributed by atoms with E-state index in [1.165, 1.54) is 24.3 Å². The molecule has 20 heavy (non-hydrogen) atoms. The third kappa shape index (κ3) is 4.35. The molecule has 0 radical (unpaired) electrons. The molecule has 0 fully saturated rings. The van der Waals surface area contributed by atoms with Crippen LogP contribution in [-0.4, -0.2) is 6.54 Å². The molecule has 0 spiro atoms. The molecule has 0 amide bonds. The summed E-state index contributed by atoms with van der Waals surface area (Å²) < 4.78 is 51.8. The first-order valence-electron chi connectivity index (χ1n) is 6.13. The Kier molecular flexibility index (Phi) is 4.74. The van der Waals surface area contributed by atoms with Gasteiger partial charge in [0.25, 0.3) is 0 Å². The van der Waals surface area contributed by atoms with E-state index >= 15 is 0 Å². The largest absolute Gasteiger partial charge is 0.312 e. The summed E-state index contributed by atoms with van der Waals surface area (Å²) in [6, 6.07) is 6.60. The van der Waals surface area contributed by atoms with Crippen molar-refractivity contribution in [1.29, 1.82) is 0 Å². The highest BCUT2D eigenvalue weighted by molar-refractivity contribution is 5.19. The van der Waals surface area contributed by atoms with Crippen LogP contribution in [0.2, 0.25) is 0 Å². The van der Waals surface area contributed by atoms with Gasteiger partial charge < -0.3 is 5.32 Å². The van der Waals surface area contributed by atoms with E-state index in [4.69, 9.17) is 0 Å². The molecule has 5 heteroatoms. The summed E-state index contributed by atoms with van der Waals surface area (Å²) in [4.78, 5) is 0. The Balaban J connectivity index is 1.84. The van der Waals surface area contributed by atoms with Gasteiger partial charge in [0.15, 0.2) is 0 Å². The van der Waals surface area contributed by atoms with Crippen molar-refractivity contribution in [2.24, 2.45) is 0 Å². The SMILES string of the molecule is Fc1cc(F)cc(CCNCc2cc(F)cc(F)c2)c1. The summed E-state index contributed by atoms with van der Waals surface area (Å²) in [5.41, 5.74) is 1.01. The van der Waals surface area contributed by atoms with E-state index in [9.17, 15) is 17.6 Å². The fourth-order valence-corrected chi connectivity index (χ4v) is 1.93. The number of halogens is 4. The molecule has 1 nitrogen and oxygen atoms in total. The first-order valence-corrected chi connectivity index (χ1v) is 6.13. The summed E-state index contributed by atoms with van der Waals surface area (Å²) in [7, 11) is 0. The zero-order valence-corrected chi connectivity index (χ0v) is 10.6. The normalized spacial score (nSPS) is 10.8. The Morgan fingerprint density at radius 2 is 1.10 bits per heavy atom. The standard InChI is InChI=1S/C15H13F4N/c16-12-3-10(4-13(17)7-12)1-2-20-9-11-5-14(18)8-15(19)6-11/h3-8,20H,1-2,9H2. The summed E-state index contributed by atoms with van der Waals surface area (Å²) in [6.45, 7) is 0.730. The predicted octanol–water partition coefficient (Wildman–Crippen LogP) is 3.58. The van der Waals surface area contributed by atoms with E-state index in [0.29, 0.717) is 24.1 Å². The van der Waals surface area contributed by atoms with E-state index in [1.807, 2.05) is 0 Å². The van der Waals surface area contributed by atoms with E-state index in [2.05, 4.69) is 5.32 Å². The van der Waals surface area contributed by atoms with Gasteiger partial charge in [0.05, 0.1) is 0 Å². The van der Waals surface area contributed by atoms with Gasteiger partial charge in [-0.05, 0) is 48.4 Å². The summed E-state index contributed by atoms with van der Waals surface area (Å²) in [5.74, 6) is -2.50. The van der Waals surface area contributed by atoms with Crippen LogP contribution in [0.4, 0.5) is 17.6 Å². The molecular weight excluding hydrogens is 270 g/mol. The lowest BCUT2D eigenvalue weighted by molar-refractivity contribution is 0.571. The first kappa shape index (κ1) is 14.5. The van der Waals surface area contributed by atoms with Crippen molar-refractivity contribution in [3.63, 3.8) is 0 Å². The van der Waals surface area contributed by atoms with Crippen molar-refractivity contribution in [1.82, 2.24) is 5.32 Å². The topological polar surface area (TPSA) is 12.0 Å². The van der Waals surface area contributed by atoms with Gasteiger partial charge in [0.2, 0.25) is 0 Å². The van der Waals surface area contributed by atoms with Crippen molar-refractivity contribution in [2.45, 2.75) is 13.0 Å². The molecule has 0 atom stereocenters. The van der Waals surface area contributed by atoms with Crippen LogP contribution in [0.15, 0.2) is 36.4 Å². The molecule has 2 rings (SSSR count). The second-order valence-corrected chi connectivity index (χ2v) is 4.48. The van der Waals surface area contributed by atoms with Gasteiger partial charge in [-0.2, -0.15) is 0 Å². The Morgan fingerprint density at radius 1 is 0.650 bits per heavy atom. The average molecular weight is 283 g/mol. The Hall–Kier alpha value is -1.88. The van der Waals surface area contributed by atoms with Crippen LogP contribution in [0.25, 0.3) is 0 Å². The lowest BCUT2D eigenvalue weighted by Gasteiger charge is -2.06. The highest BCUT2D eigenvalue weighted by atomic mass is 19.1. The average Bonchev–Trinajstić information content (AvgIpc) is 2.32. The Bertz CT molecular complexity index is 504. The molecule has 1 N–H and O–H groups in total. The molecule has 0 aliphatic heterocycles. The van der Waals surface area contributed by atoms with Crippen molar-refractivity contribution >= 4 is 0 Å². The number of nitrogens with one attached hydrogen (secondary N) is 1. The molecule has 0 saturated heterocycles. The molecule has 0 unspecified atom stereocenters. The van der Waals surface area contributed by atoms with Crippen LogP contribution in [-0.2, 0) is 13.0 Å². The lowest BCUT2D eigenvalue weighted by atomic mass is 10.1. The smallest absolute Gasteiger partial charge is 0.126 e. The fourth-order valence-electron chi connectivity index (χ4n) is 1.93. The van der Waals surface area contributed by atoms with Gasteiger partial charge in [-0.1, -0.05) is 0 Å². The molecule has 0 heterocycles. The van der Waals surface area contributed by atoms with E-state index in [1.54, 1.807) is 0 Å². The van der Waals surface area contributed by atoms with Crippen molar-refractivity contribution in [3.05, 3.63) is 70.8 Å². The number of hydrogen-bond acceptors (Lipinski definition) is 1. The van der Waals surface area contributed by atoms with Crippen LogP contribution in [0, 0.1) is 23.3 Å². The van der Waals surface area contributed by atoms with Gasteiger partial charge >= 0.3 is 0 Å². The van der Waals surface area contributed by atoms with Crippen LogP contribution in [0.3, 0.4) is 0 Å². The van der Waals surface area contributed by atoms with Crippen molar-refractivity contribution < 1.29 is 17.6 Å². The molecule has 2 aromatic carbocycles. The minimum atomic E-state index is -0.631. The van der Waals surface area contributed by atoms with Crippen LogP contribution >= 0.6 is 0 Å². The zero-order valence-electron chi connectivity index (χ0n) is 10.6. The van der Waals surface area contributed by atoms with Crippen LogP contribution in [0.5, 0.6) is 0 Å². The Labute approximate surface area is 114 Å². The molecule has 106 valence electrons. The molecule has 0 aliphatic carbocycles. The third-order valence-electron chi connectivity index (χ3n) is 2.76. The minimum absolute atomic E-state index is 0.284. The first-order chi connectivity index (χ1) is 9.52. The van der Waals surface area contributed by atoms with Crippen molar-refractivity contribution in [2.75, 3.05) is 6.54 Å². The van der Waals surface area contributed by atoms with Gasteiger partial charge in [-0.15, -0.1) is 0 Å². The lowest BCUT2D eigenvalue weighted by Crippen LogP contribution is -2.17. The quantitative estimate of drug-likeness (QED) is 0.653. The van der Waals surface area contributed by atoms with Crippen LogP contribution < -0.4 is 5.32 Å². The molecule has 2 aromatic rings. The maximum Gasteiger partial charge on any atom is 0.126 e. The number of hydrogen-bond donors (Lipinski definition) is 1. The third-order valence-corrected chi connectivity index (χ3v) is 2.76. The second-order valence-electron chi connectivity index (χ2n) is 4.48. The second kappa shape index (κ2) is 6.52. The zero-order chi connectivity index (χ0) is 14.5. The number of rotatable bonds is 5. The molecule has 0 bridgehead atoms. The van der Waals surface area contributed by atoms with Crippen molar-refractivity contribution in [3.8, 4) is 0 Å². The molecule has 0 aliphatic rings. The Morgan fingerprint density at radius 3 is 1.60 bits per heavy atom. The summed E-state index contributed by atoms with van der Waals surface area (Å²) in [5, 5.41) is 2.97. The molecule has 0 aromatic heterocycles. The highest BCUT2D eigenvalue weighted by Gasteiger charge is 2.02. The van der Waals surface area contributed by atoms with Gasteiger partial charge in [0.1, 0.15) is 23.3 Å². The summed E-state index contributed by atoms with van der Waals surface area (Å²) >= 11 is 0. The molecular formula is C15H13F4N. The van der Waals surface area contributed by atoms with Crippen LogP contribution in [0.1, 0.15) is 11.1 Å². The summed E-state index contributed by atoms with van der Waals surface area (Å²) in [6.07, 6.45) is 0.423. The van der Waals surface area contributed by atoms with E-state index in [0.717, 1.165) is 12.1 Å². The van der Waals surface area contributed by atoms with Gasteiger partial charge in [-0.25, -0.2) is 17.6 Å². The maximum absolute atomic E-state index is 12.9. The van der Waals surface area contributed by atoms with Gasteiger partial charge in [-0.3, -0.25) is 0 Å².